The van der Waals surface area contributed by atoms with Gasteiger partial charge in [-0.25, -0.2) is 14.4 Å². The molecule has 0 bridgehead atoms. The Bertz CT molecular complexity index is 1360. The maximum Gasteiger partial charge on any atom is 0.435 e. The molecular weight excluding hydrogens is 442 g/mol. The minimum Gasteiger partial charge on any atom is -0.493 e. The van der Waals surface area contributed by atoms with Crippen LogP contribution in [0.2, 0.25) is 0 Å². The van der Waals surface area contributed by atoms with Gasteiger partial charge in [0.1, 0.15) is 11.6 Å². The fraction of sp³-hybridized carbons (Fsp3) is 0.286. The smallest absolute Gasteiger partial charge is 0.435 e. The lowest BCUT2D eigenvalue weighted by molar-refractivity contribution is -0.141. The Balaban J connectivity index is 1.55. The number of nitrogens with zero attached hydrogens (tertiary/aromatic N) is 5. The van der Waals surface area contributed by atoms with Crippen molar-refractivity contribution in [1.29, 1.82) is 0 Å². The van der Waals surface area contributed by atoms with Crippen molar-refractivity contribution < 1.29 is 22.3 Å². The molecule has 5 rings (SSSR count). The molecule has 1 aliphatic heterocycles. The highest BCUT2D eigenvalue weighted by molar-refractivity contribution is 5.76. The monoisotopic (exact) mass is 461 g/mol. The first-order chi connectivity index (χ1) is 15.8. The van der Waals surface area contributed by atoms with E-state index >= 15 is 0 Å². The molecule has 4 aromatic rings. The molecule has 3 aromatic heterocycles. The van der Waals surface area contributed by atoms with E-state index in [4.69, 9.17) is 10.5 Å². The van der Waals surface area contributed by atoms with E-state index in [0.29, 0.717) is 47.2 Å². The molecule has 0 radical (unpaired) electrons. The van der Waals surface area contributed by atoms with E-state index in [-0.39, 0.29) is 24.6 Å². The predicted molar refractivity (Wildman–Crippen MR) is 111 cm³/mol. The molecule has 0 saturated carbocycles. The van der Waals surface area contributed by atoms with Crippen molar-refractivity contribution in [1.82, 2.24) is 24.1 Å². The third kappa shape index (κ3) is 3.65. The van der Waals surface area contributed by atoms with Crippen LogP contribution in [0, 0.1) is 5.82 Å². The van der Waals surface area contributed by atoms with Gasteiger partial charge in [-0.3, -0.25) is 9.08 Å². The first-order valence-electron chi connectivity index (χ1n) is 10.1. The van der Waals surface area contributed by atoms with E-state index in [2.05, 4.69) is 20.4 Å². The summed E-state index contributed by atoms with van der Waals surface area (Å²) in [7, 11) is 1.42. The van der Waals surface area contributed by atoms with Gasteiger partial charge in [0.25, 0.3) is 0 Å². The molecular formula is C21H19F4N7O. The van der Waals surface area contributed by atoms with Gasteiger partial charge in [0, 0.05) is 50.1 Å². The molecule has 1 aromatic carbocycles. The van der Waals surface area contributed by atoms with Gasteiger partial charge in [0.05, 0.1) is 23.6 Å². The predicted octanol–water partition coefficient (Wildman–Crippen LogP) is 3.29. The molecule has 172 valence electrons. The van der Waals surface area contributed by atoms with Crippen LogP contribution in [0.4, 0.5) is 23.5 Å². The van der Waals surface area contributed by atoms with E-state index in [9.17, 15) is 17.6 Å². The quantitative estimate of drug-likeness (QED) is 0.443. The first-order valence-corrected chi connectivity index (χ1v) is 10.1. The van der Waals surface area contributed by atoms with Crippen molar-refractivity contribution in [3.05, 3.63) is 58.9 Å². The van der Waals surface area contributed by atoms with Gasteiger partial charge >= 0.3 is 6.18 Å². The number of anilines is 1. The molecule has 8 nitrogen and oxygen atoms in total. The van der Waals surface area contributed by atoms with Crippen molar-refractivity contribution in [2.24, 2.45) is 12.8 Å². The number of hydrogen-bond donors (Lipinski definition) is 2. The van der Waals surface area contributed by atoms with Crippen LogP contribution >= 0.6 is 0 Å². The van der Waals surface area contributed by atoms with Crippen LogP contribution in [-0.4, -0.2) is 30.8 Å². The van der Waals surface area contributed by atoms with E-state index in [0.717, 1.165) is 16.3 Å². The Labute approximate surface area is 185 Å². The third-order valence-corrected chi connectivity index (χ3v) is 5.56. The highest BCUT2D eigenvalue weighted by atomic mass is 19.4. The third-order valence-electron chi connectivity index (χ3n) is 5.56. The number of alkyl halides is 3. The van der Waals surface area contributed by atoms with Gasteiger partial charge in [-0.1, -0.05) is 0 Å². The van der Waals surface area contributed by atoms with Gasteiger partial charge in [-0.2, -0.15) is 18.3 Å². The van der Waals surface area contributed by atoms with Crippen molar-refractivity contribution in [3.8, 4) is 17.0 Å². The van der Waals surface area contributed by atoms with E-state index < -0.39 is 11.9 Å². The molecule has 0 atom stereocenters. The number of aryl methyl sites for hydroxylation is 1. The number of fused-ring (bicyclic) bond motifs is 2. The molecule has 3 N–H and O–H groups in total. The molecule has 0 spiro atoms. The summed E-state index contributed by atoms with van der Waals surface area (Å²) in [6, 6.07) is 3.92. The average Bonchev–Trinajstić information content (AvgIpc) is 3.50. The number of ether oxygens (including phenoxy) is 1. The minimum atomic E-state index is -4.58. The maximum absolute atomic E-state index is 14.5. The number of benzene rings is 1. The summed E-state index contributed by atoms with van der Waals surface area (Å²) in [5.41, 5.74) is 7.44. The summed E-state index contributed by atoms with van der Waals surface area (Å²) in [4.78, 5) is 8.83. The van der Waals surface area contributed by atoms with Crippen LogP contribution in [-0.2, 0) is 32.7 Å². The molecule has 12 heteroatoms. The molecule has 0 fully saturated rings. The molecule has 1 aliphatic rings. The summed E-state index contributed by atoms with van der Waals surface area (Å²) in [6.07, 6.45) is -0.916. The number of hydrogen-bond acceptors (Lipinski definition) is 6. The van der Waals surface area contributed by atoms with Crippen LogP contribution in [0.5, 0.6) is 5.75 Å². The SMILES string of the molecule is Cn1nc(C(F)(F)F)cc1-c1cnc(NCc2c(F)ccc3c2CCO3)n2cc(CN)nc12. The molecule has 0 saturated heterocycles. The maximum atomic E-state index is 14.5. The number of imidazole rings is 1. The number of nitrogens with one attached hydrogen (secondary N) is 1. The van der Waals surface area contributed by atoms with Crippen molar-refractivity contribution in [3.63, 3.8) is 0 Å². The lowest BCUT2D eigenvalue weighted by atomic mass is 10.0. The van der Waals surface area contributed by atoms with Gasteiger partial charge in [-0.15, -0.1) is 0 Å². The highest BCUT2D eigenvalue weighted by Crippen LogP contribution is 2.34. The number of aromatic nitrogens is 5. The zero-order valence-corrected chi connectivity index (χ0v) is 17.4. The van der Waals surface area contributed by atoms with Gasteiger partial charge in [-0.05, 0) is 18.2 Å². The zero-order chi connectivity index (χ0) is 23.3. The molecule has 0 amide bonds. The average molecular weight is 461 g/mol. The van der Waals surface area contributed by atoms with Crippen LogP contribution in [0.3, 0.4) is 0 Å². The first kappa shape index (κ1) is 21.2. The van der Waals surface area contributed by atoms with Gasteiger partial charge in [0.15, 0.2) is 11.3 Å². The fourth-order valence-corrected chi connectivity index (χ4v) is 3.97. The highest BCUT2D eigenvalue weighted by Gasteiger charge is 2.35. The van der Waals surface area contributed by atoms with E-state index in [1.54, 1.807) is 16.7 Å². The van der Waals surface area contributed by atoms with Crippen LogP contribution < -0.4 is 15.8 Å². The van der Waals surface area contributed by atoms with Crippen molar-refractivity contribution >= 4 is 11.6 Å². The Kier molecular flexibility index (Phi) is 4.96. The molecule has 4 heterocycles. The summed E-state index contributed by atoms with van der Waals surface area (Å²) in [5.74, 6) is 0.643. The zero-order valence-electron chi connectivity index (χ0n) is 17.4. The van der Waals surface area contributed by atoms with Gasteiger partial charge in [0.2, 0.25) is 5.95 Å². The van der Waals surface area contributed by atoms with Crippen LogP contribution in [0.1, 0.15) is 22.5 Å². The minimum absolute atomic E-state index is 0.123. The van der Waals surface area contributed by atoms with E-state index in [1.165, 1.54) is 19.3 Å². The Morgan fingerprint density at radius 1 is 1.27 bits per heavy atom. The van der Waals surface area contributed by atoms with Gasteiger partial charge < -0.3 is 15.8 Å². The second kappa shape index (κ2) is 7.73. The number of rotatable bonds is 5. The fourth-order valence-electron chi connectivity index (χ4n) is 3.97. The Morgan fingerprint density at radius 3 is 2.82 bits per heavy atom. The summed E-state index contributed by atoms with van der Waals surface area (Å²) >= 11 is 0. The normalized spacial score (nSPS) is 13.4. The van der Waals surface area contributed by atoms with Crippen LogP contribution in [0.25, 0.3) is 16.9 Å². The van der Waals surface area contributed by atoms with Crippen LogP contribution in [0.15, 0.2) is 30.6 Å². The molecule has 33 heavy (non-hydrogen) atoms. The van der Waals surface area contributed by atoms with Crippen molar-refractivity contribution in [2.75, 3.05) is 11.9 Å². The summed E-state index contributed by atoms with van der Waals surface area (Å²) < 4.78 is 62.2. The number of nitrogens with two attached hydrogens (primary N) is 1. The summed E-state index contributed by atoms with van der Waals surface area (Å²) in [5, 5.41) is 6.67. The molecule has 0 unspecified atom stereocenters. The Hall–Kier alpha value is -3.67. The Morgan fingerprint density at radius 2 is 2.09 bits per heavy atom. The second-order valence-electron chi connectivity index (χ2n) is 7.62. The second-order valence-corrected chi connectivity index (χ2v) is 7.62. The topological polar surface area (TPSA) is 95.3 Å². The lowest BCUT2D eigenvalue weighted by Crippen LogP contribution is -2.10. The van der Waals surface area contributed by atoms with Crippen molar-refractivity contribution in [2.45, 2.75) is 25.7 Å². The lowest BCUT2D eigenvalue weighted by Gasteiger charge is -2.13. The number of halogens is 4. The summed E-state index contributed by atoms with van der Waals surface area (Å²) in [6.45, 7) is 0.757. The standard InChI is InChI=1S/C21H19F4N7O/c1-31-16(6-18(30-31)21(23,24)25)14-9-28-20(32-10-11(7-26)29-19(14)32)27-8-13-12-4-5-33-17(12)3-2-15(13)22/h2-3,6,9-10H,4-5,7-8,26H2,1H3,(H,27,28). The molecule has 0 aliphatic carbocycles. The largest absolute Gasteiger partial charge is 0.493 e. The van der Waals surface area contributed by atoms with E-state index in [1.807, 2.05) is 0 Å².